The van der Waals surface area contributed by atoms with Gasteiger partial charge in [-0.15, -0.1) is 10.2 Å². The molecule has 134 valence electrons. The van der Waals surface area contributed by atoms with Gasteiger partial charge >= 0.3 is 0 Å². The van der Waals surface area contributed by atoms with E-state index in [1.165, 1.54) is 24.3 Å². The van der Waals surface area contributed by atoms with Gasteiger partial charge in [0.25, 0.3) is 5.91 Å². The molecule has 3 rings (SSSR count). The highest BCUT2D eigenvalue weighted by Gasteiger charge is 2.33. The van der Waals surface area contributed by atoms with E-state index in [4.69, 9.17) is 13.9 Å². The van der Waals surface area contributed by atoms with E-state index in [1.54, 1.807) is 4.90 Å². The van der Waals surface area contributed by atoms with Gasteiger partial charge in [-0.3, -0.25) is 4.79 Å². The van der Waals surface area contributed by atoms with Crippen LogP contribution < -0.4 is 4.74 Å². The monoisotopic (exact) mass is 349 g/mol. The second-order valence-corrected chi connectivity index (χ2v) is 6.05. The highest BCUT2D eigenvalue weighted by molar-refractivity contribution is 5.78. The fourth-order valence-corrected chi connectivity index (χ4v) is 2.48. The summed E-state index contributed by atoms with van der Waals surface area (Å²) in [6.45, 7) is 4.89. The molecule has 0 spiro atoms. The molecule has 2 heterocycles. The molecule has 0 bridgehead atoms. The highest BCUT2D eigenvalue weighted by Crippen LogP contribution is 2.25. The predicted octanol–water partition coefficient (Wildman–Crippen LogP) is 2.31. The third-order valence-electron chi connectivity index (χ3n) is 3.86. The lowest BCUT2D eigenvalue weighted by atomic mass is 10.2. The number of benzene rings is 1. The minimum atomic E-state index is -0.432. The Kier molecular flexibility index (Phi) is 5.28. The standard InChI is InChI=1S/C17H20FN3O4/c1-11(2)16-19-20-17(25-16)14-9-23-8-7-21(14)15(22)10-24-13-5-3-12(18)4-6-13/h3-6,11,14H,7-10H2,1-2H3. The molecule has 1 atom stereocenters. The van der Waals surface area contributed by atoms with E-state index < -0.39 is 6.04 Å². The highest BCUT2D eigenvalue weighted by atomic mass is 19.1. The van der Waals surface area contributed by atoms with Gasteiger partial charge in [0.1, 0.15) is 17.6 Å². The number of halogens is 1. The third-order valence-corrected chi connectivity index (χ3v) is 3.86. The molecule has 0 saturated carbocycles. The number of rotatable bonds is 5. The maximum absolute atomic E-state index is 12.9. The fourth-order valence-electron chi connectivity index (χ4n) is 2.48. The van der Waals surface area contributed by atoms with E-state index >= 15 is 0 Å². The molecule has 0 aliphatic carbocycles. The summed E-state index contributed by atoms with van der Waals surface area (Å²) in [7, 11) is 0. The number of hydrogen-bond donors (Lipinski definition) is 0. The van der Waals surface area contributed by atoms with E-state index in [0.717, 1.165) is 0 Å². The lowest BCUT2D eigenvalue weighted by Crippen LogP contribution is -2.45. The van der Waals surface area contributed by atoms with Crippen molar-refractivity contribution in [3.8, 4) is 5.75 Å². The van der Waals surface area contributed by atoms with Gasteiger partial charge in [0, 0.05) is 12.5 Å². The Balaban J connectivity index is 1.66. The molecule has 1 aliphatic heterocycles. The Morgan fingerprint density at radius 3 is 2.80 bits per heavy atom. The van der Waals surface area contributed by atoms with Crippen LogP contribution in [0.1, 0.15) is 37.6 Å². The number of aromatic nitrogens is 2. The molecule has 1 amide bonds. The van der Waals surface area contributed by atoms with Gasteiger partial charge in [-0.2, -0.15) is 0 Å². The number of morpholine rings is 1. The number of carbonyl (C=O) groups is 1. The predicted molar refractivity (Wildman–Crippen MR) is 85.6 cm³/mol. The average molecular weight is 349 g/mol. The largest absolute Gasteiger partial charge is 0.484 e. The Bertz CT molecular complexity index is 717. The van der Waals surface area contributed by atoms with Crippen molar-refractivity contribution in [3.63, 3.8) is 0 Å². The fraction of sp³-hybridized carbons (Fsp3) is 0.471. The van der Waals surface area contributed by atoms with Crippen LogP contribution in [-0.2, 0) is 9.53 Å². The van der Waals surface area contributed by atoms with Crippen molar-refractivity contribution in [2.75, 3.05) is 26.4 Å². The van der Waals surface area contributed by atoms with Crippen LogP contribution in [0.15, 0.2) is 28.7 Å². The van der Waals surface area contributed by atoms with E-state index in [0.29, 0.717) is 37.3 Å². The summed E-state index contributed by atoms with van der Waals surface area (Å²) >= 11 is 0. The minimum absolute atomic E-state index is 0.108. The second kappa shape index (κ2) is 7.60. The molecule has 1 fully saturated rings. The zero-order chi connectivity index (χ0) is 17.8. The Labute approximate surface area is 144 Å². The number of hydrogen-bond acceptors (Lipinski definition) is 6. The smallest absolute Gasteiger partial charge is 0.261 e. The number of carbonyl (C=O) groups excluding carboxylic acids is 1. The Morgan fingerprint density at radius 2 is 2.12 bits per heavy atom. The van der Waals surface area contributed by atoms with Gasteiger partial charge in [0.2, 0.25) is 11.8 Å². The van der Waals surface area contributed by atoms with Gasteiger partial charge in [-0.1, -0.05) is 13.8 Å². The normalized spacial score (nSPS) is 17.8. The molecule has 1 aromatic carbocycles. The molecule has 1 saturated heterocycles. The van der Waals surface area contributed by atoms with Crippen molar-refractivity contribution in [1.29, 1.82) is 0 Å². The number of ether oxygens (including phenoxy) is 2. The summed E-state index contributed by atoms with van der Waals surface area (Å²) in [6, 6.07) is 5.09. The average Bonchev–Trinajstić information content (AvgIpc) is 3.11. The van der Waals surface area contributed by atoms with E-state index in [1.807, 2.05) is 13.8 Å². The molecule has 1 unspecified atom stereocenters. The molecule has 0 N–H and O–H groups in total. The van der Waals surface area contributed by atoms with Crippen molar-refractivity contribution in [1.82, 2.24) is 15.1 Å². The van der Waals surface area contributed by atoms with Crippen LogP contribution in [0.5, 0.6) is 5.75 Å². The van der Waals surface area contributed by atoms with Crippen LogP contribution in [0.2, 0.25) is 0 Å². The third kappa shape index (κ3) is 4.14. The van der Waals surface area contributed by atoms with Crippen LogP contribution in [0.3, 0.4) is 0 Å². The Hall–Kier alpha value is -2.48. The number of nitrogens with zero attached hydrogens (tertiary/aromatic N) is 3. The van der Waals surface area contributed by atoms with Crippen LogP contribution >= 0.6 is 0 Å². The molecular weight excluding hydrogens is 329 g/mol. The molecule has 8 heteroatoms. The van der Waals surface area contributed by atoms with Crippen LogP contribution in [0.4, 0.5) is 4.39 Å². The van der Waals surface area contributed by atoms with Crippen LogP contribution in [-0.4, -0.2) is 47.4 Å². The lowest BCUT2D eigenvalue weighted by Gasteiger charge is -2.33. The van der Waals surface area contributed by atoms with Crippen molar-refractivity contribution in [2.45, 2.75) is 25.8 Å². The van der Waals surface area contributed by atoms with Gasteiger partial charge in [-0.25, -0.2) is 4.39 Å². The molecule has 7 nitrogen and oxygen atoms in total. The second-order valence-electron chi connectivity index (χ2n) is 6.05. The summed E-state index contributed by atoms with van der Waals surface area (Å²) < 4.78 is 29.5. The van der Waals surface area contributed by atoms with Crippen molar-refractivity contribution >= 4 is 5.91 Å². The molecule has 1 aromatic heterocycles. The first-order chi connectivity index (χ1) is 12.0. The maximum atomic E-state index is 12.9. The quantitative estimate of drug-likeness (QED) is 0.824. The van der Waals surface area contributed by atoms with E-state index in [9.17, 15) is 9.18 Å². The molecule has 0 radical (unpaired) electrons. The molecule has 1 aliphatic rings. The first kappa shape index (κ1) is 17.3. The summed E-state index contributed by atoms with van der Waals surface area (Å²) in [5.41, 5.74) is 0. The minimum Gasteiger partial charge on any atom is -0.484 e. The topological polar surface area (TPSA) is 77.7 Å². The van der Waals surface area contributed by atoms with Gasteiger partial charge in [-0.05, 0) is 24.3 Å². The van der Waals surface area contributed by atoms with Gasteiger partial charge in [0.15, 0.2) is 6.61 Å². The summed E-state index contributed by atoms with van der Waals surface area (Å²) in [6.07, 6.45) is 0. The van der Waals surface area contributed by atoms with Crippen LogP contribution in [0, 0.1) is 5.82 Å². The first-order valence-electron chi connectivity index (χ1n) is 8.13. The Morgan fingerprint density at radius 1 is 1.36 bits per heavy atom. The summed E-state index contributed by atoms with van der Waals surface area (Å²) in [5, 5.41) is 8.06. The van der Waals surface area contributed by atoms with Crippen LogP contribution in [0.25, 0.3) is 0 Å². The summed E-state index contributed by atoms with van der Waals surface area (Å²) in [5.74, 6) is 0.844. The zero-order valence-corrected chi connectivity index (χ0v) is 14.1. The molecule has 2 aromatic rings. The zero-order valence-electron chi connectivity index (χ0n) is 14.1. The maximum Gasteiger partial charge on any atom is 0.261 e. The SMILES string of the molecule is CC(C)c1nnc(C2COCCN2C(=O)COc2ccc(F)cc2)o1. The molecule has 25 heavy (non-hydrogen) atoms. The first-order valence-corrected chi connectivity index (χ1v) is 8.13. The van der Waals surface area contributed by atoms with Crippen molar-refractivity contribution in [2.24, 2.45) is 0 Å². The number of amides is 1. The lowest BCUT2D eigenvalue weighted by molar-refractivity contribution is -0.143. The van der Waals surface area contributed by atoms with E-state index in [-0.39, 0.29) is 24.2 Å². The summed E-state index contributed by atoms with van der Waals surface area (Å²) in [4.78, 5) is 14.2. The van der Waals surface area contributed by atoms with Crippen molar-refractivity contribution < 1.29 is 23.1 Å². The van der Waals surface area contributed by atoms with Crippen molar-refractivity contribution in [3.05, 3.63) is 41.9 Å². The van der Waals surface area contributed by atoms with Gasteiger partial charge in [0.05, 0.1) is 13.2 Å². The molecular formula is C17H20FN3O4. The van der Waals surface area contributed by atoms with E-state index in [2.05, 4.69) is 10.2 Å². The van der Waals surface area contributed by atoms with Gasteiger partial charge < -0.3 is 18.8 Å².